The first-order valence-corrected chi connectivity index (χ1v) is 9.40. The standard InChI is InChI=1S/C18H17BrClN5/c19-13-10-12-2-3-16(24-17(12)15(20)11-13)23-14-4-8-25(9-5-14)18-21-6-1-7-22-18/h1-3,6-7,10-11,14H,4-5,8-9H2,(H,23,24). The van der Waals surface area contributed by atoms with Gasteiger partial charge in [-0.15, -0.1) is 0 Å². The number of nitrogens with one attached hydrogen (secondary N) is 1. The molecule has 1 fully saturated rings. The van der Waals surface area contributed by atoms with Crippen LogP contribution in [0.1, 0.15) is 12.8 Å². The minimum atomic E-state index is 0.388. The van der Waals surface area contributed by atoms with Gasteiger partial charge >= 0.3 is 0 Å². The van der Waals surface area contributed by atoms with Crippen molar-refractivity contribution in [1.29, 1.82) is 0 Å². The second kappa shape index (κ2) is 7.14. The number of rotatable bonds is 3. The fourth-order valence-corrected chi connectivity index (χ4v) is 4.00. The fraction of sp³-hybridized carbons (Fsp3) is 0.278. The summed E-state index contributed by atoms with van der Waals surface area (Å²) < 4.78 is 0.961. The highest BCUT2D eigenvalue weighted by Crippen LogP contribution is 2.28. The predicted octanol–water partition coefficient (Wildman–Crippen LogP) is 4.52. The number of halogens is 2. The molecule has 25 heavy (non-hydrogen) atoms. The number of benzene rings is 1. The van der Waals surface area contributed by atoms with Gasteiger partial charge in [-0.3, -0.25) is 0 Å². The van der Waals surface area contributed by atoms with E-state index in [-0.39, 0.29) is 0 Å². The lowest BCUT2D eigenvalue weighted by molar-refractivity contribution is 0.519. The third-order valence-corrected chi connectivity index (χ3v) is 5.14. The Labute approximate surface area is 159 Å². The maximum absolute atomic E-state index is 6.32. The first kappa shape index (κ1) is 16.5. The zero-order chi connectivity index (χ0) is 17.2. The monoisotopic (exact) mass is 417 g/mol. The summed E-state index contributed by atoms with van der Waals surface area (Å²) in [5.41, 5.74) is 0.824. The molecule has 7 heteroatoms. The molecule has 1 aliphatic rings. The molecule has 1 N–H and O–H groups in total. The van der Waals surface area contributed by atoms with Crippen LogP contribution in [0.25, 0.3) is 10.9 Å². The van der Waals surface area contributed by atoms with Crippen molar-refractivity contribution in [2.45, 2.75) is 18.9 Å². The van der Waals surface area contributed by atoms with E-state index in [1.165, 1.54) is 0 Å². The van der Waals surface area contributed by atoms with Crippen LogP contribution >= 0.6 is 27.5 Å². The summed E-state index contributed by atoms with van der Waals surface area (Å²) in [5, 5.41) is 5.22. The predicted molar refractivity (Wildman–Crippen MR) is 105 cm³/mol. The molecule has 5 nitrogen and oxygen atoms in total. The van der Waals surface area contributed by atoms with Gasteiger partial charge in [0.15, 0.2) is 0 Å². The number of hydrogen-bond acceptors (Lipinski definition) is 5. The van der Waals surface area contributed by atoms with Crippen LogP contribution in [0.2, 0.25) is 5.02 Å². The molecular weight excluding hydrogens is 402 g/mol. The van der Waals surface area contributed by atoms with Crippen LogP contribution in [-0.4, -0.2) is 34.1 Å². The maximum atomic E-state index is 6.32. The van der Waals surface area contributed by atoms with Gasteiger partial charge in [0.1, 0.15) is 5.82 Å². The number of fused-ring (bicyclic) bond motifs is 1. The number of anilines is 2. The average molecular weight is 419 g/mol. The third-order valence-electron chi connectivity index (χ3n) is 4.39. The first-order chi connectivity index (χ1) is 12.2. The van der Waals surface area contributed by atoms with Gasteiger partial charge in [0.25, 0.3) is 0 Å². The van der Waals surface area contributed by atoms with Crippen LogP contribution in [0.4, 0.5) is 11.8 Å². The van der Waals surface area contributed by atoms with Gasteiger partial charge in [0.05, 0.1) is 10.5 Å². The molecule has 128 valence electrons. The van der Waals surface area contributed by atoms with Crippen LogP contribution in [-0.2, 0) is 0 Å². The molecule has 1 saturated heterocycles. The lowest BCUT2D eigenvalue weighted by Gasteiger charge is -2.32. The maximum Gasteiger partial charge on any atom is 0.225 e. The van der Waals surface area contributed by atoms with Gasteiger partial charge in [0, 0.05) is 41.4 Å². The van der Waals surface area contributed by atoms with Crippen molar-refractivity contribution in [1.82, 2.24) is 15.0 Å². The second-order valence-corrected chi connectivity index (χ2v) is 7.43. The Kier molecular flexibility index (Phi) is 4.72. The van der Waals surface area contributed by atoms with E-state index in [1.807, 2.05) is 30.3 Å². The van der Waals surface area contributed by atoms with Gasteiger partial charge in [-0.05, 0) is 43.2 Å². The topological polar surface area (TPSA) is 53.9 Å². The van der Waals surface area contributed by atoms with E-state index in [4.69, 9.17) is 11.6 Å². The minimum Gasteiger partial charge on any atom is -0.367 e. The summed E-state index contributed by atoms with van der Waals surface area (Å²) in [7, 11) is 0. The van der Waals surface area contributed by atoms with E-state index in [9.17, 15) is 0 Å². The molecule has 0 radical (unpaired) electrons. The molecule has 0 unspecified atom stereocenters. The number of aromatic nitrogens is 3. The second-order valence-electron chi connectivity index (χ2n) is 6.11. The molecular formula is C18H17BrClN5. The van der Waals surface area contributed by atoms with E-state index in [1.54, 1.807) is 12.4 Å². The summed E-state index contributed by atoms with van der Waals surface area (Å²) in [6.07, 6.45) is 5.61. The van der Waals surface area contributed by atoms with Crippen molar-refractivity contribution in [3.05, 3.63) is 52.2 Å². The van der Waals surface area contributed by atoms with E-state index < -0.39 is 0 Å². The van der Waals surface area contributed by atoms with Gasteiger partial charge in [-0.2, -0.15) is 0 Å². The molecule has 0 spiro atoms. The third kappa shape index (κ3) is 3.70. The van der Waals surface area contributed by atoms with Crippen LogP contribution in [0.5, 0.6) is 0 Å². The van der Waals surface area contributed by atoms with Crippen LogP contribution in [0, 0.1) is 0 Å². The minimum absolute atomic E-state index is 0.388. The van der Waals surface area contributed by atoms with Gasteiger partial charge in [-0.25, -0.2) is 15.0 Å². The molecule has 0 saturated carbocycles. The van der Waals surface area contributed by atoms with Crippen LogP contribution in [0.15, 0.2) is 47.2 Å². The van der Waals surface area contributed by atoms with Gasteiger partial charge in [0.2, 0.25) is 5.95 Å². The van der Waals surface area contributed by atoms with E-state index in [2.05, 4.69) is 41.1 Å². The highest BCUT2D eigenvalue weighted by molar-refractivity contribution is 9.10. The van der Waals surface area contributed by atoms with Gasteiger partial charge in [-0.1, -0.05) is 27.5 Å². The number of hydrogen-bond donors (Lipinski definition) is 1. The normalized spacial score (nSPS) is 15.5. The largest absolute Gasteiger partial charge is 0.367 e. The molecule has 3 aromatic rings. The Morgan fingerprint density at radius 3 is 2.64 bits per heavy atom. The Morgan fingerprint density at radius 1 is 1.12 bits per heavy atom. The molecule has 0 bridgehead atoms. The van der Waals surface area contributed by atoms with E-state index in [0.717, 1.165) is 53.1 Å². The molecule has 0 amide bonds. The highest BCUT2D eigenvalue weighted by atomic mass is 79.9. The van der Waals surface area contributed by atoms with Crippen LogP contribution in [0.3, 0.4) is 0 Å². The zero-order valence-corrected chi connectivity index (χ0v) is 15.8. The molecule has 1 aromatic carbocycles. The van der Waals surface area contributed by atoms with Crippen LogP contribution < -0.4 is 10.2 Å². The summed E-state index contributed by atoms with van der Waals surface area (Å²) in [5.74, 6) is 1.67. The zero-order valence-electron chi connectivity index (χ0n) is 13.5. The summed E-state index contributed by atoms with van der Waals surface area (Å²) in [4.78, 5) is 15.6. The highest BCUT2D eigenvalue weighted by Gasteiger charge is 2.21. The van der Waals surface area contributed by atoms with Crippen molar-refractivity contribution >= 4 is 50.2 Å². The van der Waals surface area contributed by atoms with E-state index in [0.29, 0.717) is 11.1 Å². The lowest BCUT2D eigenvalue weighted by atomic mass is 10.1. The quantitative estimate of drug-likeness (QED) is 0.677. The summed E-state index contributed by atoms with van der Waals surface area (Å²) >= 11 is 9.79. The van der Waals surface area contributed by atoms with Gasteiger partial charge < -0.3 is 10.2 Å². The lowest BCUT2D eigenvalue weighted by Crippen LogP contribution is -2.40. The number of pyridine rings is 1. The molecule has 0 aliphatic carbocycles. The Bertz CT molecular complexity index is 881. The van der Waals surface area contributed by atoms with Crippen molar-refractivity contribution in [3.63, 3.8) is 0 Å². The SMILES string of the molecule is Clc1cc(Br)cc2ccc(NC3CCN(c4ncccn4)CC3)nc12. The summed E-state index contributed by atoms with van der Waals surface area (Å²) in [6, 6.07) is 10.2. The van der Waals surface area contributed by atoms with Crippen molar-refractivity contribution < 1.29 is 0 Å². The number of nitrogens with zero attached hydrogens (tertiary/aromatic N) is 4. The fourth-order valence-electron chi connectivity index (χ4n) is 3.13. The smallest absolute Gasteiger partial charge is 0.225 e. The molecule has 2 aromatic heterocycles. The molecule has 1 aliphatic heterocycles. The number of piperidine rings is 1. The Balaban J connectivity index is 1.44. The van der Waals surface area contributed by atoms with E-state index >= 15 is 0 Å². The Hall–Kier alpha value is -1.92. The molecule has 3 heterocycles. The molecule has 0 atom stereocenters. The average Bonchev–Trinajstić information content (AvgIpc) is 2.63. The van der Waals surface area contributed by atoms with Crippen molar-refractivity contribution in [2.24, 2.45) is 0 Å². The Morgan fingerprint density at radius 2 is 1.88 bits per heavy atom. The summed E-state index contributed by atoms with van der Waals surface area (Å²) in [6.45, 7) is 1.87. The van der Waals surface area contributed by atoms with Crippen molar-refractivity contribution in [2.75, 3.05) is 23.3 Å². The first-order valence-electron chi connectivity index (χ1n) is 8.23. The molecule has 4 rings (SSSR count). The van der Waals surface area contributed by atoms with Crippen molar-refractivity contribution in [3.8, 4) is 0 Å².